The lowest BCUT2D eigenvalue weighted by Crippen LogP contribution is -2.34. The minimum atomic E-state index is -0.498. The molecule has 0 unspecified atom stereocenters. The van der Waals surface area contributed by atoms with Crippen LogP contribution in [-0.2, 0) is 6.54 Å². The summed E-state index contributed by atoms with van der Waals surface area (Å²) in [4.78, 5) is 23.6. The van der Waals surface area contributed by atoms with Crippen LogP contribution in [0.15, 0.2) is 42.6 Å². The van der Waals surface area contributed by atoms with Gasteiger partial charge in [-0.05, 0) is 29.8 Å². The molecule has 8 heteroatoms. The van der Waals surface area contributed by atoms with E-state index < -0.39 is 5.91 Å². The van der Waals surface area contributed by atoms with Gasteiger partial charge < -0.3 is 15.3 Å². The first-order chi connectivity index (χ1) is 13.6. The van der Waals surface area contributed by atoms with E-state index in [-0.39, 0.29) is 23.8 Å². The number of benzene rings is 1. The highest BCUT2D eigenvalue weighted by Crippen LogP contribution is 2.33. The summed E-state index contributed by atoms with van der Waals surface area (Å²) in [6.45, 7) is 1.85. The number of rotatable bonds is 4. The largest absolute Gasteiger partial charge is 0.504 e. The van der Waals surface area contributed by atoms with E-state index in [0.717, 1.165) is 35.5 Å². The van der Waals surface area contributed by atoms with E-state index in [9.17, 15) is 14.3 Å². The number of nitrogens with one attached hydrogen (secondary N) is 1. The van der Waals surface area contributed by atoms with Gasteiger partial charge in [-0.1, -0.05) is 12.1 Å². The Hall–Kier alpha value is -2.87. The van der Waals surface area contributed by atoms with E-state index in [4.69, 9.17) is 0 Å². The minimum absolute atomic E-state index is 0.0541. The summed E-state index contributed by atoms with van der Waals surface area (Å²) in [6, 6.07) is 9.52. The first kappa shape index (κ1) is 18.5. The summed E-state index contributed by atoms with van der Waals surface area (Å²) in [5.41, 5.74) is 1.06. The van der Waals surface area contributed by atoms with Crippen molar-refractivity contribution in [2.24, 2.45) is 0 Å². The number of anilines is 1. The van der Waals surface area contributed by atoms with Crippen LogP contribution in [-0.4, -0.2) is 45.6 Å². The van der Waals surface area contributed by atoms with E-state index >= 15 is 0 Å². The molecule has 2 N–H and O–H groups in total. The Morgan fingerprint density at radius 3 is 2.71 bits per heavy atom. The quantitative estimate of drug-likeness (QED) is 0.704. The summed E-state index contributed by atoms with van der Waals surface area (Å²) in [5.74, 6) is 1.56. The maximum absolute atomic E-state index is 13.0. The first-order valence-corrected chi connectivity index (χ1v) is 10.1. The molecular weight excluding hydrogens is 379 g/mol. The molecule has 0 bridgehead atoms. The van der Waals surface area contributed by atoms with Crippen LogP contribution in [0.1, 0.15) is 16.1 Å². The molecule has 28 heavy (non-hydrogen) atoms. The highest BCUT2D eigenvalue weighted by Gasteiger charge is 2.23. The molecule has 0 spiro atoms. The van der Waals surface area contributed by atoms with Gasteiger partial charge in [-0.2, -0.15) is 11.8 Å². The standard InChI is InChI=1S/C20H19FN4O2S/c21-14-5-3-13(4-6-14)12-23-20(27)17-18(26)16-15(2-1-7-22-16)19(24-17)25-8-10-28-11-9-25/h1-7,26H,8-12H2,(H,23,27). The van der Waals surface area contributed by atoms with Crippen LogP contribution in [0.5, 0.6) is 5.75 Å². The highest BCUT2D eigenvalue weighted by molar-refractivity contribution is 7.99. The Morgan fingerprint density at radius 2 is 1.96 bits per heavy atom. The van der Waals surface area contributed by atoms with Gasteiger partial charge in [-0.3, -0.25) is 9.78 Å². The van der Waals surface area contributed by atoms with Crippen LogP contribution >= 0.6 is 11.8 Å². The molecule has 0 atom stereocenters. The zero-order valence-electron chi connectivity index (χ0n) is 15.1. The van der Waals surface area contributed by atoms with Gasteiger partial charge in [0.25, 0.3) is 5.91 Å². The lowest BCUT2D eigenvalue weighted by atomic mass is 10.1. The monoisotopic (exact) mass is 398 g/mol. The summed E-state index contributed by atoms with van der Waals surface area (Å²) in [6.07, 6.45) is 1.58. The number of carbonyl (C=O) groups excluding carboxylic acids is 1. The second-order valence-corrected chi connectivity index (χ2v) is 7.67. The van der Waals surface area contributed by atoms with Crippen molar-refractivity contribution in [3.8, 4) is 5.75 Å². The fourth-order valence-electron chi connectivity index (χ4n) is 3.15. The van der Waals surface area contributed by atoms with Gasteiger partial charge >= 0.3 is 0 Å². The Kier molecular flexibility index (Phi) is 5.29. The number of aromatic hydroxyl groups is 1. The van der Waals surface area contributed by atoms with Gasteiger partial charge in [0, 0.05) is 42.7 Å². The predicted octanol–water partition coefficient (Wildman–Crippen LogP) is 2.96. The number of nitrogens with zero attached hydrogens (tertiary/aromatic N) is 3. The van der Waals surface area contributed by atoms with Gasteiger partial charge in [-0.25, -0.2) is 9.37 Å². The van der Waals surface area contributed by atoms with Crippen molar-refractivity contribution in [2.45, 2.75) is 6.54 Å². The molecule has 6 nitrogen and oxygen atoms in total. The number of halogens is 1. The van der Waals surface area contributed by atoms with Crippen LogP contribution in [0.2, 0.25) is 0 Å². The van der Waals surface area contributed by atoms with Gasteiger partial charge in [-0.15, -0.1) is 0 Å². The van der Waals surface area contributed by atoms with Crippen LogP contribution in [0.25, 0.3) is 10.9 Å². The molecule has 3 heterocycles. The third kappa shape index (κ3) is 3.73. The number of thioether (sulfide) groups is 1. The van der Waals surface area contributed by atoms with E-state index in [0.29, 0.717) is 11.3 Å². The number of hydrogen-bond donors (Lipinski definition) is 2. The zero-order chi connectivity index (χ0) is 19.5. The molecule has 1 saturated heterocycles. The SMILES string of the molecule is O=C(NCc1ccc(F)cc1)c1nc(N2CCSCC2)c2cccnc2c1O. The molecule has 1 aromatic carbocycles. The normalized spacial score (nSPS) is 14.2. The first-order valence-electron chi connectivity index (χ1n) is 8.96. The average Bonchev–Trinajstić information content (AvgIpc) is 2.74. The summed E-state index contributed by atoms with van der Waals surface area (Å²) in [5, 5.41) is 14.1. The molecule has 3 aromatic rings. The molecule has 1 aliphatic rings. The van der Waals surface area contributed by atoms with Crippen molar-refractivity contribution in [3.05, 3.63) is 59.7 Å². The van der Waals surface area contributed by atoms with Gasteiger partial charge in [0.05, 0.1) is 0 Å². The Labute approximate surface area is 165 Å². The third-order valence-corrected chi connectivity index (χ3v) is 5.55. The Morgan fingerprint density at radius 1 is 1.21 bits per heavy atom. The van der Waals surface area contributed by atoms with E-state index in [2.05, 4.69) is 20.2 Å². The van der Waals surface area contributed by atoms with Crippen LogP contribution < -0.4 is 10.2 Å². The molecule has 1 aliphatic heterocycles. The van der Waals surface area contributed by atoms with Crippen LogP contribution in [0, 0.1) is 5.82 Å². The summed E-state index contributed by atoms with van der Waals surface area (Å²) < 4.78 is 13.0. The Balaban J connectivity index is 1.66. The van der Waals surface area contributed by atoms with Crippen molar-refractivity contribution in [3.63, 3.8) is 0 Å². The summed E-state index contributed by atoms with van der Waals surface area (Å²) >= 11 is 1.88. The fraction of sp³-hybridized carbons (Fsp3) is 0.250. The predicted molar refractivity (Wildman–Crippen MR) is 108 cm³/mol. The number of hydrogen-bond acceptors (Lipinski definition) is 6. The molecule has 2 aromatic heterocycles. The van der Waals surface area contributed by atoms with Crippen molar-refractivity contribution in [1.82, 2.24) is 15.3 Å². The molecule has 0 aliphatic carbocycles. The van der Waals surface area contributed by atoms with Gasteiger partial charge in [0.2, 0.25) is 0 Å². The second-order valence-electron chi connectivity index (χ2n) is 6.44. The molecule has 1 fully saturated rings. The Bertz CT molecular complexity index is 1010. The molecule has 0 radical (unpaired) electrons. The molecule has 1 amide bonds. The molecule has 144 valence electrons. The maximum Gasteiger partial charge on any atom is 0.274 e. The third-order valence-electron chi connectivity index (χ3n) is 4.61. The van der Waals surface area contributed by atoms with E-state index in [1.807, 2.05) is 17.8 Å². The number of carbonyl (C=O) groups is 1. The lowest BCUT2D eigenvalue weighted by molar-refractivity contribution is 0.0943. The average molecular weight is 398 g/mol. The van der Waals surface area contributed by atoms with Crippen LogP contribution in [0.4, 0.5) is 10.2 Å². The topological polar surface area (TPSA) is 78.4 Å². The fourth-order valence-corrected chi connectivity index (χ4v) is 4.05. The molecule has 4 rings (SSSR count). The van der Waals surface area contributed by atoms with Gasteiger partial charge in [0.15, 0.2) is 11.4 Å². The van der Waals surface area contributed by atoms with Gasteiger partial charge in [0.1, 0.15) is 17.2 Å². The molecule has 0 saturated carbocycles. The number of amides is 1. The smallest absolute Gasteiger partial charge is 0.274 e. The maximum atomic E-state index is 13.0. The highest BCUT2D eigenvalue weighted by atomic mass is 32.2. The van der Waals surface area contributed by atoms with E-state index in [1.165, 1.54) is 12.1 Å². The summed E-state index contributed by atoms with van der Waals surface area (Å²) in [7, 11) is 0. The number of aromatic nitrogens is 2. The van der Waals surface area contributed by atoms with E-state index in [1.54, 1.807) is 24.4 Å². The van der Waals surface area contributed by atoms with Crippen molar-refractivity contribution in [1.29, 1.82) is 0 Å². The zero-order valence-corrected chi connectivity index (χ0v) is 15.9. The minimum Gasteiger partial charge on any atom is -0.504 e. The van der Waals surface area contributed by atoms with Crippen molar-refractivity contribution < 1.29 is 14.3 Å². The number of fused-ring (bicyclic) bond motifs is 1. The van der Waals surface area contributed by atoms with Crippen LogP contribution in [0.3, 0.4) is 0 Å². The second kappa shape index (κ2) is 8.02. The lowest BCUT2D eigenvalue weighted by Gasteiger charge is -2.28. The number of pyridine rings is 2. The molecular formula is C20H19FN4O2S. The van der Waals surface area contributed by atoms with Crippen molar-refractivity contribution in [2.75, 3.05) is 29.5 Å². The van der Waals surface area contributed by atoms with Crippen molar-refractivity contribution >= 4 is 34.4 Å².